The van der Waals surface area contributed by atoms with Gasteiger partial charge in [0, 0.05) is 71.4 Å². The van der Waals surface area contributed by atoms with E-state index in [-0.39, 0.29) is 36.3 Å². The number of morpholine rings is 1. The number of fused-ring (bicyclic) bond motifs is 1. The molecular formula is C32H39N5O3. The number of H-pyrrole nitrogens is 1. The van der Waals surface area contributed by atoms with Crippen molar-refractivity contribution in [3.05, 3.63) is 81.0 Å². The molecule has 8 nitrogen and oxygen atoms in total. The molecule has 0 saturated carbocycles. The summed E-state index contributed by atoms with van der Waals surface area (Å²) in [6.07, 6.45) is 4.29. The maximum Gasteiger partial charge on any atom is 0.253 e. The van der Waals surface area contributed by atoms with Gasteiger partial charge in [-0.15, -0.1) is 0 Å². The van der Waals surface area contributed by atoms with Crippen LogP contribution in [0.1, 0.15) is 66.5 Å². The first-order valence-electron chi connectivity index (χ1n) is 14.0. The highest BCUT2D eigenvalue weighted by atomic mass is 16.5. The largest absolute Gasteiger partial charge is 0.372 e. The normalized spacial score (nSPS) is 17.6. The standard InChI is InChI=1S/C32H39N5O3/c1-18(2)37-15-20(4)30-26(31(38)34-14-27-19(3)10-21(5)35-32(27)39)11-25(12-28(30)37)24-8-9-29(33-13-24)36-16-22(6)40-23(7)17-36/h8-13,15,18,22-23H,14,16-17H2,1-7H3,(H,34,38)(H,35,39). The van der Waals surface area contributed by atoms with Crippen LogP contribution >= 0.6 is 0 Å². The minimum atomic E-state index is -0.211. The van der Waals surface area contributed by atoms with Gasteiger partial charge < -0.3 is 24.5 Å². The number of amides is 1. The lowest BCUT2D eigenvalue weighted by molar-refractivity contribution is -0.00545. The number of hydrogen-bond acceptors (Lipinski definition) is 5. The van der Waals surface area contributed by atoms with Crippen LogP contribution in [0.5, 0.6) is 0 Å². The Bertz CT molecular complexity index is 1610. The predicted molar refractivity (Wildman–Crippen MR) is 160 cm³/mol. The van der Waals surface area contributed by atoms with E-state index in [9.17, 15) is 9.59 Å². The first-order valence-corrected chi connectivity index (χ1v) is 14.0. The van der Waals surface area contributed by atoms with E-state index in [1.54, 1.807) is 0 Å². The monoisotopic (exact) mass is 541 g/mol. The zero-order valence-corrected chi connectivity index (χ0v) is 24.5. The summed E-state index contributed by atoms with van der Waals surface area (Å²) in [5.41, 5.74) is 6.54. The SMILES string of the molecule is Cc1cc(C)c(CNC(=O)c2cc(-c3ccc(N4CC(C)OC(C)C4)nc3)cc3c2c(C)cn3C(C)C)c(=O)[nH]1. The summed E-state index contributed by atoms with van der Waals surface area (Å²) in [6.45, 7) is 16.0. The molecule has 210 valence electrons. The van der Waals surface area contributed by atoms with Crippen molar-refractivity contribution in [3.8, 4) is 11.1 Å². The fourth-order valence-corrected chi connectivity index (χ4v) is 5.83. The van der Waals surface area contributed by atoms with E-state index in [1.807, 2.05) is 45.2 Å². The Morgan fingerprint density at radius 1 is 1.07 bits per heavy atom. The van der Waals surface area contributed by atoms with Crippen molar-refractivity contribution < 1.29 is 9.53 Å². The van der Waals surface area contributed by atoms with Crippen LogP contribution < -0.4 is 15.8 Å². The summed E-state index contributed by atoms with van der Waals surface area (Å²) in [7, 11) is 0. The molecule has 8 heteroatoms. The maximum absolute atomic E-state index is 13.7. The lowest BCUT2D eigenvalue weighted by Crippen LogP contribution is -2.45. The third-order valence-electron chi connectivity index (χ3n) is 7.67. The van der Waals surface area contributed by atoms with E-state index >= 15 is 0 Å². The summed E-state index contributed by atoms with van der Waals surface area (Å²) >= 11 is 0. The van der Waals surface area contributed by atoms with E-state index < -0.39 is 0 Å². The number of hydrogen-bond donors (Lipinski definition) is 2. The van der Waals surface area contributed by atoms with E-state index in [0.29, 0.717) is 11.1 Å². The van der Waals surface area contributed by atoms with E-state index in [4.69, 9.17) is 9.72 Å². The first-order chi connectivity index (χ1) is 19.0. The number of carbonyl (C=O) groups is 1. The van der Waals surface area contributed by atoms with Gasteiger partial charge in [-0.3, -0.25) is 9.59 Å². The molecule has 3 aromatic heterocycles. The highest BCUT2D eigenvalue weighted by Gasteiger charge is 2.24. The summed E-state index contributed by atoms with van der Waals surface area (Å²) in [6, 6.07) is 10.3. The fourth-order valence-electron chi connectivity index (χ4n) is 5.83. The van der Waals surface area contributed by atoms with Crippen molar-refractivity contribution in [1.82, 2.24) is 19.9 Å². The molecule has 1 fully saturated rings. The van der Waals surface area contributed by atoms with Gasteiger partial charge in [-0.05, 0) is 95.5 Å². The van der Waals surface area contributed by atoms with Crippen molar-refractivity contribution in [1.29, 1.82) is 0 Å². The second-order valence-electron chi connectivity index (χ2n) is 11.4. The van der Waals surface area contributed by atoms with E-state index in [1.165, 1.54) is 0 Å². The number of nitrogens with zero attached hydrogens (tertiary/aromatic N) is 3. The number of ether oxygens (including phenoxy) is 1. The molecule has 2 N–H and O–H groups in total. The highest BCUT2D eigenvalue weighted by Crippen LogP contribution is 2.33. The Morgan fingerprint density at radius 2 is 1.80 bits per heavy atom. The zero-order valence-electron chi connectivity index (χ0n) is 24.5. The third-order valence-corrected chi connectivity index (χ3v) is 7.67. The van der Waals surface area contributed by atoms with Gasteiger partial charge in [0.25, 0.3) is 11.5 Å². The molecule has 4 aromatic rings. The van der Waals surface area contributed by atoms with Crippen molar-refractivity contribution in [2.75, 3.05) is 18.0 Å². The third kappa shape index (κ3) is 5.41. The number of nitrogens with one attached hydrogen (secondary N) is 2. The van der Waals surface area contributed by atoms with Crippen molar-refractivity contribution in [2.45, 2.75) is 73.3 Å². The second kappa shape index (κ2) is 10.9. The molecular weight excluding hydrogens is 502 g/mol. The van der Waals surface area contributed by atoms with Crippen LogP contribution in [0.15, 0.2) is 47.5 Å². The number of aromatic amines is 1. The van der Waals surface area contributed by atoms with Crippen molar-refractivity contribution in [2.24, 2.45) is 0 Å². The molecule has 0 spiro atoms. The van der Waals surface area contributed by atoms with Crippen LogP contribution in [0.3, 0.4) is 0 Å². The van der Waals surface area contributed by atoms with E-state index in [0.717, 1.165) is 57.8 Å². The number of aryl methyl sites for hydroxylation is 3. The topological polar surface area (TPSA) is 92.2 Å². The summed E-state index contributed by atoms with van der Waals surface area (Å²) in [5, 5.41) is 3.93. The molecule has 2 unspecified atom stereocenters. The van der Waals surface area contributed by atoms with Crippen molar-refractivity contribution >= 4 is 22.6 Å². The Balaban J connectivity index is 1.52. The van der Waals surface area contributed by atoms with Crippen LogP contribution in [0.2, 0.25) is 0 Å². The molecule has 5 rings (SSSR count). The lowest BCUT2D eigenvalue weighted by Gasteiger charge is -2.36. The van der Waals surface area contributed by atoms with Gasteiger partial charge >= 0.3 is 0 Å². The van der Waals surface area contributed by atoms with E-state index in [2.05, 4.69) is 65.8 Å². The number of anilines is 1. The molecule has 2 atom stereocenters. The van der Waals surface area contributed by atoms with Crippen LogP contribution in [-0.4, -0.2) is 45.7 Å². The highest BCUT2D eigenvalue weighted by molar-refractivity contribution is 6.09. The predicted octanol–water partition coefficient (Wildman–Crippen LogP) is 5.44. The Kier molecular flexibility index (Phi) is 7.55. The van der Waals surface area contributed by atoms with Gasteiger partial charge in [-0.1, -0.05) is 0 Å². The maximum atomic E-state index is 13.7. The summed E-state index contributed by atoms with van der Waals surface area (Å²) in [5.74, 6) is 0.710. The first kappa shape index (κ1) is 27.6. The average Bonchev–Trinajstić information content (AvgIpc) is 3.23. The molecule has 1 aliphatic rings. The minimum absolute atomic E-state index is 0.153. The average molecular weight is 542 g/mol. The van der Waals surface area contributed by atoms with Gasteiger partial charge in [-0.2, -0.15) is 0 Å². The van der Waals surface area contributed by atoms with Gasteiger partial charge in [0.15, 0.2) is 0 Å². The Labute approximate surface area is 235 Å². The molecule has 0 aliphatic carbocycles. The van der Waals surface area contributed by atoms with Gasteiger partial charge in [-0.25, -0.2) is 4.98 Å². The summed E-state index contributed by atoms with van der Waals surface area (Å²) in [4.78, 5) is 36.1. The van der Waals surface area contributed by atoms with Crippen LogP contribution in [-0.2, 0) is 11.3 Å². The quantitative estimate of drug-likeness (QED) is 0.339. The lowest BCUT2D eigenvalue weighted by atomic mass is 9.98. The number of aromatic nitrogens is 3. The number of pyridine rings is 2. The zero-order chi connectivity index (χ0) is 28.7. The fraction of sp³-hybridized carbons (Fsp3) is 0.406. The Morgan fingerprint density at radius 3 is 2.42 bits per heavy atom. The molecule has 1 aromatic carbocycles. The van der Waals surface area contributed by atoms with Gasteiger partial charge in [0.2, 0.25) is 0 Å². The van der Waals surface area contributed by atoms with Crippen LogP contribution in [0, 0.1) is 20.8 Å². The van der Waals surface area contributed by atoms with Crippen LogP contribution in [0.4, 0.5) is 5.82 Å². The molecule has 1 aliphatic heterocycles. The van der Waals surface area contributed by atoms with Gasteiger partial charge in [0.05, 0.1) is 12.2 Å². The van der Waals surface area contributed by atoms with Crippen LogP contribution in [0.25, 0.3) is 22.0 Å². The second-order valence-corrected chi connectivity index (χ2v) is 11.4. The number of rotatable bonds is 6. The molecule has 0 bridgehead atoms. The number of benzene rings is 1. The molecule has 40 heavy (non-hydrogen) atoms. The van der Waals surface area contributed by atoms with Crippen molar-refractivity contribution in [3.63, 3.8) is 0 Å². The number of carbonyl (C=O) groups excluding carboxylic acids is 1. The Hall–Kier alpha value is -3.91. The summed E-state index contributed by atoms with van der Waals surface area (Å²) < 4.78 is 8.08. The molecule has 1 saturated heterocycles. The minimum Gasteiger partial charge on any atom is -0.372 e. The molecule has 0 radical (unpaired) electrons. The molecule has 1 amide bonds. The smallest absolute Gasteiger partial charge is 0.253 e. The molecule has 4 heterocycles. The van der Waals surface area contributed by atoms with Gasteiger partial charge in [0.1, 0.15) is 5.82 Å².